The van der Waals surface area contributed by atoms with E-state index in [4.69, 9.17) is 0 Å². The van der Waals surface area contributed by atoms with Gasteiger partial charge in [-0.25, -0.2) is 0 Å². The maximum atomic E-state index is 3.70. The molecule has 2 rings (SSSR count). The normalized spacial score (nSPS) is 23.3. The molecule has 0 bridgehead atoms. The second kappa shape index (κ2) is 6.87. The smallest absolute Gasteiger partial charge is 0.0331 e. The van der Waals surface area contributed by atoms with Crippen molar-refractivity contribution in [3.8, 4) is 0 Å². The fraction of sp³-hybridized carbons (Fsp3) is 0.750. The number of rotatable bonds is 4. The van der Waals surface area contributed by atoms with Gasteiger partial charge >= 0.3 is 0 Å². The minimum atomic E-state index is 0.559. The zero-order valence-electron chi connectivity index (χ0n) is 12.8. The third kappa shape index (κ3) is 3.80. The van der Waals surface area contributed by atoms with Gasteiger partial charge in [-0.2, -0.15) is 0 Å². The summed E-state index contributed by atoms with van der Waals surface area (Å²) in [6.07, 6.45) is 3.84. The lowest BCUT2D eigenvalue weighted by Gasteiger charge is -2.30. The second-order valence-corrected chi connectivity index (χ2v) is 7.29. The lowest BCUT2D eigenvalue weighted by atomic mass is 10.1. The summed E-state index contributed by atoms with van der Waals surface area (Å²) in [5.41, 5.74) is 1.54. The summed E-state index contributed by atoms with van der Waals surface area (Å²) < 4.78 is 0. The van der Waals surface area contributed by atoms with E-state index in [0.717, 1.165) is 0 Å². The fourth-order valence-electron chi connectivity index (χ4n) is 3.18. The number of aryl methyl sites for hydroxylation is 2. The van der Waals surface area contributed by atoms with Crippen LogP contribution in [0.15, 0.2) is 6.07 Å². The first-order valence-corrected chi connectivity index (χ1v) is 8.47. The number of nitrogens with one attached hydrogen (secondary N) is 1. The van der Waals surface area contributed by atoms with Gasteiger partial charge in [0.2, 0.25) is 0 Å². The largest absolute Gasteiger partial charge is 0.313 e. The minimum absolute atomic E-state index is 0.559. The van der Waals surface area contributed by atoms with Crippen LogP contribution in [-0.4, -0.2) is 30.6 Å². The lowest BCUT2D eigenvalue weighted by molar-refractivity contribution is 0.203. The SMILES string of the molecule is CCCC1CN(C(C)c2cc(C)sc2C)CCCN1. The molecule has 3 heteroatoms. The second-order valence-electron chi connectivity index (χ2n) is 5.83. The monoisotopic (exact) mass is 280 g/mol. The van der Waals surface area contributed by atoms with Crippen LogP contribution in [0.25, 0.3) is 0 Å². The van der Waals surface area contributed by atoms with E-state index < -0.39 is 0 Å². The molecule has 2 heterocycles. The van der Waals surface area contributed by atoms with E-state index in [1.807, 2.05) is 11.3 Å². The number of hydrogen-bond acceptors (Lipinski definition) is 3. The Morgan fingerprint density at radius 3 is 2.89 bits per heavy atom. The Balaban J connectivity index is 2.08. The van der Waals surface area contributed by atoms with Crippen LogP contribution in [0, 0.1) is 13.8 Å². The van der Waals surface area contributed by atoms with Gasteiger partial charge in [-0.05, 0) is 51.8 Å². The van der Waals surface area contributed by atoms with E-state index in [-0.39, 0.29) is 0 Å². The molecule has 2 nitrogen and oxygen atoms in total. The molecule has 0 spiro atoms. The van der Waals surface area contributed by atoms with E-state index in [2.05, 4.69) is 44.0 Å². The molecule has 19 heavy (non-hydrogen) atoms. The maximum Gasteiger partial charge on any atom is 0.0331 e. The third-order valence-electron chi connectivity index (χ3n) is 4.22. The summed E-state index contributed by atoms with van der Waals surface area (Å²) in [6, 6.07) is 3.62. The summed E-state index contributed by atoms with van der Waals surface area (Å²) in [6.45, 7) is 12.7. The standard InChI is InChI=1S/C16H28N2S/c1-5-7-15-11-18(9-6-8-17-15)13(3)16-10-12(2)19-14(16)4/h10,13,15,17H,5-9,11H2,1-4H3. The van der Waals surface area contributed by atoms with Crippen molar-refractivity contribution in [2.45, 2.75) is 59.0 Å². The Bertz CT molecular complexity index is 399. The molecule has 1 aliphatic rings. The van der Waals surface area contributed by atoms with Crippen molar-refractivity contribution >= 4 is 11.3 Å². The highest BCUT2D eigenvalue weighted by molar-refractivity contribution is 7.12. The van der Waals surface area contributed by atoms with Gasteiger partial charge < -0.3 is 5.32 Å². The summed E-state index contributed by atoms with van der Waals surface area (Å²) >= 11 is 1.94. The molecule has 0 aliphatic carbocycles. The Labute approximate surface area is 122 Å². The molecule has 2 unspecified atom stereocenters. The van der Waals surface area contributed by atoms with E-state index in [1.165, 1.54) is 48.7 Å². The number of thiophene rings is 1. The van der Waals surface area contributed by atoms with Crippen molar-refractivity contribution in [2.24, 2.45) is 0 Å². The maximum absolute atomic E-state index is 3.70. The van der Waals surface area contributed by atoms with Gasteiger partial charge in [0, 0.05) is 34.9 Å². The summed E-state index contributed by atoms with van der Waals surface area (Å²) in [5, 5.41) is 3.70. The van der Waals surface area contributed by atoms with Gasteiger partial charge in [0.25, 0.3) is 0 Å². The van der Waals surface area contributed by atoms with Crippen LogP contribution in [-0.2, 0) is 0 Å². The highest BCUT2D eigenvalue weighted by atomic mass is 32.1. The molecule has 0 amide bonds. The highest BCUT2D eigenvalue weighted by Crippen LogP contribution is 2.30. The molecule has 0 aromatic carbocycles. The first kappa shape index (κ1) is 15.0. The zero-order chi connectivity index (χ0) is 13.8. The van der Waals surface area contributed by atoms with E-state index in [1.54, 1.807) is 5.56 Å². The van der Waals surface area contributed by atoms with Crippen LogP contribution < -0.4 is 5.32 Å². The molecule has 0 radical (unpaired) electrons. The predicted octanol–water partition coefficient (Wildman–Crippen LogP) is 3.89. The van der Waals surface area contributed by atoms with Gasteiger partial charge in [-0.1, -0.05) is 13.3 Å². The molecular weight excluding hydrogens is 252 g/mol. The fourth-order valence-corrected chi connectivity index (χ4v) is 4.20. The summed E-state index contributed by atoms with van der Waals surface area (Å²) in [5.74, 6) is 0. The van der Waals surface area contributed by atoms with Crippen LogP contribution in [0.4, 0.5) is 0 Å². The molecule has 1 aromatic rings. The topological polar surface area (TPSA) is 15.3 Å². The van der Waals surface area contributed by atoms with Crippen molar-refractivity contribution in [1.29, 1.82) is 0 Å². The average molecular weight is 280 g/mol. The molecule has 1 N–H and O–H groups in total. The van der Waals surface area contributed by atoms with Gasteiger partial charge in [-0.15, -0.1) is 11.3 Å². The Hall–Kier alpha value is -0.380. The van der Waals surface area contributed by atoms with Crippen LogP contribution >= 0.6 is 11.3 Å². The Kier molecular flexibility index (Phi) is 5.43. The molecule has 108 valence electrons. The van der Waals surface area contributed by atoms with Crippen LogP contribution in [0.5, 0.6) is 0 Å². The lowest BCUT2D eigenvalue weighted by Crippen LogP contribution is -2.38. The van der Waals surface area contributed by atoms with Crippen molar-refractivity contribution in [3.63, 3.8) is 0 Å². The first-order valence-electron chi connectivity index (χ1n) is 7.66. The Morgan fingerprint density at radius 1 is 1.47 bits per heavy atom. The first-order chi connectivity index (χ1) is 9.11. The zero-order valence-corrected chi connectivity index (χ0v) is 13.6. The summed E-state index contributed by atoms with van der Waals surface area (Å²) in [7, 11) is 0. The van der Waals surface area contributed by atoms with Crippen molar-refractivity contribution in [3.05, 3.63) is 21.4 Å². The van der Waals surface area contributed by atoms with Gasteiger partial charge in [0.05, 0.1) is 0 Å². The van der Waals surface area contributed by atoms with Gasteiger partial charge in [-0.3, -0.25) is 4.90 Å². The van der Waals surface area contributed by atoms with E-state index in [0.29, 0.717) is 12.1 Å². The van der Waals surface area contributed by atoms with Crippen LogP contribution in [0.1, 0.15) is 54.5 Å². The molecule has 1 aliphatic heterocycles. The summed E-state index contributed by atoms with van der Waals surface area (Å²) in [4.78, 5) is 5.61. The molecular formula is C16H28N2S. The molecule has 0 saturated carbocycles. The number of nitrogens with zero attached hydrogens (tertiary/aromatic N) is 1. The molecule has 1 fully saturated rings. The third-order valence-corrected chi connectivity index (χ3v) is 5.21. The van der Waals surface area contributed by atoms with Crippen molar-refractivity contribution < 1.29 is 0 Å². The molecule has 1 saturated heterocycles. The van der Waals surface area contributed by atoms with Gasteiger partial charge in [0.1, 0.15) is 0 Å². The quantitative estimate of drug-likeness (QED) is 0.900. The minimum Gasteiger partial charge on any atom is -0.313 e. The van der Waals surface area contributed by atoms with Crippen LogP contribution in [0.3, 0.4) is 0 Å². The highest BCUT2D eigenvalue weighted by Gasteiger charge is 2.23. The van der Waals surface area contributed by atoms with Crippen molar-refractivity contribution in [2.75, 3.05) is 19.6 Å². The molecule has 1 aromatic heterocycles. The van der Waals surface area contributed by atoms with Crippen molar-refractivity contribution in [1.82, 2.24) is 10.2 Å². The Morgan fingerprint density at radius 2 is 2.26 bits per heavy atom. The van der Waals surface area contributed by atoms with Gasteiger partial charge in [0.15, 0.2) is 0 Å². The predicted molar refractivity (Wildman–Crippen MR) is 85.1 cm³/mol. The molecule has 2 atom stereocenters. The average Bonchev–Trinajstić information content (AvgIpc) is 2.59. The van der Waals surface area contributed by atoms with Crippen LogP contribution in [0.2, 0.25) is 0 Å². The van der Waals surface area contributed by atoms with E-state index in [9.17, 15) is 0 Å². The number of hydrogen-bond donors (Lipinski definition) is 1. The van der Waals surface area contributed by atoms with E-state index >= 15 is 0 Å².